The molecular weight excluding hydrogens is 268 g/mol. The van der Waals surface area contributed by atoms with Crippen LogP contribution in [0, 0.1) is 0 Å². The monoisotopic (exact) mass is 286 g/mol. The smallest absolute Gasteiger partial charge is 0.133 e. The van der Waals surface area contributed by atoms with Gasteiger partial charge in [-0.25, -0.2) is 9.97 Å². The molecule has 1 aromatic carbocycles. The van der Waals surface area contributed by atoms with E-state index in [4.69, 9.17) is 11.6 Å². The van der Waals surface area contributed by atoms with E-state index in [0.29, 0.717) is 5.15 Å². The Morgan fingerprint density at radius 3 is 2.50 bits per heavy atom. The van der Waals surface area contributed by atoms with Crippen LogP contribution >= 0.6 is 11.6 Å². The van der Waals surface area contributed by atoms with Gasteiger partial charge in [0.25, 0.3) is 0 Å². The molecule has 3 heteroatoms. The third-order valence-corrected chi connectivity index (χ3v) is 4.19. The van der Waals surface area contributed by atoms with Gasteiger partial charge in [-0.05, 0) is 30.7 Å². The third-order valence-electron chi connectivity index (χ3n) is 4.00. The van der Waals surface area contributed by atoms with E-state index >= 15 is 0 Å². The SMILES string of the molecule is CCCc1nc(Cl)cc(-c2ccc(C3CCC3)cc2)n1. The fourth-order valence-electron chi connectivity index (χ4n) is 2.62. The standard InChI is InChI=1S/C17H19ClN2/c1-2-4-17-19-15(11-16(18)20-17)14-9-7-13(8-10-14)12-5-3-6-12/h7-12H,2-6H2,1H3. The van der Waals surface area contributed by atoms with E-state index in [1.807, 2.05) is 6.07 Å². The number of hydrogen-bond donors (Lipinski definition) is 0. The van der Waals surface area contributed by atoms with Crippen molar-refractivity contribution in [2.75, 3.05) is 0 Å². The Morgan fingerprint density at radius 1 is 1.15 bits per heavy atom. The van der Waals surface area contributed by atoms with E-state index in [9.17, 15) is 0 Å². The number of nitrogens with zero attached hydrogens (tertiary/aromatic N) is 2. The van der Waals surface area contributed by atoms with Crippen LogP contribution < -0.4 is 0 Å². The number of hydrogen-bond acceptors (Lipinski definition) is 2. The molecule has 104 valence electrons. The first-order valence-electron chi connectivity index (χ1n) is 7.40. The molecule has 3 rings (SSSR count). The van der Waals surface area contributed by atoms with Crippen LogP contribution in [-0.4, -0.2) is 9.97 Å². The molecular formula is C17H19ClN2. The second-order valence-corrected chi connectivity index (χ2v) is 5.88. The molecule has 0 unspecified atom stereocenters. The summed E-state index contributed by atoms with van der Waals surface area (Å²) in [6.07, 6.45) is 5.93. The highest BCUT2D eigenvalue weighted by molar-refractivity contribution is 6.29. The average molecular weight is 287 g/mol. The maximum Gasteiger partial charge on any atom is 0.133 e. The van der Waals surface area contributed by atoms with Crippen molar-refractivity contribution in [2.24, 2.45) is 0 Å². The Kier molecular flexibility index (Phi) is 4.02. The van der Waals surface area contributed by atoms with Gasteiger partial charge in [0, 0.05) is 18.1 Å². The topological polar surface area (TPSA) is 25.8 Å². The normalized spacial score (nSPS) is 15.1. The fourth-order valence-corrected chi connectivity index (χ4v) is 2.82. The van der Waals surface area contributed by atoms with Crippen LogP contribution in [0.2, 0.25) is 5.15 Å². The van der Waals surface area contributed by atoms with Crippen molar-refractivity contribution < 1.29 is 0 Å². The quantitative estimate of drug-likeness (QED) is 0.738. The Morgan fingerprint density at radius 2 is 1.90 bits per heavy atom. The molecule has 1 fully saturated rings. The van der Waals surface area contributed by atoms with Crippen LogP contribution in [-0.2, 0) is 6.42 Å². The first kappa shape index (κ1) is 13.6. The summed E-state index contributed by atoms with van der Waals surface area (Å²) in [4.78, 5) is 8.88. The van der Waals surface area contributed by atoms with Gasteiger partial charge in [0.1, 0.15) is 11.0 Å². The summed E-state index contributed by atoms with van der Waals surface area (Å²) in [5.74, 6) is 1.60. The summed E-state index contributed by atoms with van der Waals surface area (Å²) in [6.45, 7) is 2.12. The van der Waals surface area contributed by atoms with Crippen molar-refractivity contribution >= 4 is 11.6 Å². The summed E-state index contributed by atoms with van der Waals surface area (Å²) >= 11 is 6.10. The lowest BCUT2D eigenvalue weighted by atomic mass is 9.80. The number of benzene rings is 1. The average Bonchev–Trinajstić information content (AvgIpc) is 2.37. The molecule has 0 radical (unpaired) electrons. The van der Waals surface area contributed by atoms with Crippen LogP contribution in [0.1, 0.15) is 49.9 Å². The van der Waals surface area contributed by atoms with Crippen LogP contribution in [0.5, 0.6) is 0 Å². The van der Waals surface area contributed by atoms with Crippen LogP contribution in [0.3, 0.4) is 0 Å². The molecule has 2 aromatic rings. The highest BCUT2D eigenvalue weighted by atomic mass is 35.5. The predicted octanol–water partition coefficient (Wildman–Crippen LogP) is 5.02. The Hall–Kier alpha value is -1.41. The number of aryl methyl sites for hydroxylation is 1. The van der Waals surface area contributed by atoms with Gasteiger partial charge in [-0.3, -0.25) is 0 Å². The first-order valence-corrected chi connectivity index (χ1v) is 7.78. The maximum absolute atomic E-state index is 6.10. The highest BCUT2D eigenvalue weighted by Gasteiger charge is 2.19. The van der Waals surface area contributed by atoms with E-state index in [1.54, 1.807) is 0 Å². The molecule has 0 N–H and O–H groups in total. The molecule has 1 aromatic heterocycles. The van der Waals surface area contributed by atoms with Crippen LogP contribution in [0.4, 0.5) is 0 Å². The van der Waals surface area contributed by atoms with Crippen molar-refractivity contribution in [2.45, 2.75) is 44.9 Å². The molecule has 1 aliphatic carbocycles. The van der Waals surface area contributed by atoms with Crippen LogP contribution in [0.15, 0.2) is 30.3 Å². The lowest BCUT2D eigenvalue weighted by Crippen LogP contribution is -2.08. The fraction of sp³-hybridized carbons (Fsp3) is 0.412. The zero-order chi connectivity index (χ0) is 13.9. The van der Waals surface area contributed by atoms with Gasteiger partial charge in [-0.1, -0.05) is 49.2 Å². The molecule has 0 spiro atoms. The molecule has 1 aliphatic rings. The molecule has 20 heavy (non-hydrogen) atoms. The van der Waals surface area contributed by atoms with Gasteiger partial charge < -0.3 is 0 Å². The minimum Gasteiger partial charge on any atom is -0.233 e. The van der Waals surface area contributed by atoms with Gasteiger partial charge in [-0.2, -0.15) is 0 Å². The minimum atomic E-state index is 0.529. The van der Waals surface area contributed by atoms with E-state index in [-0.39, 0.29) is 0 Å². The van der Waals surface area contributed by atoms with Crippen molar-refractivity contribution in [1.29, 1.82) is 0 Å². The summed E-state index contributed by atoms with van der Waals surface area (Å²) in [6, 6.07) is 10.6. The molecule has 0 saturated heterocycles. The van der Waals surface area contributed by atoms with Gasteiger partial charge in [-0.15, -0.1) is 0 Å². The predicted molar refractivity (Wildman–Crippen MR) is 83.1 cm³/mol. The number of halogens is 1. The molecule has 0 atom stereocenters. The largest absolute Gasteiger partial charge is 0.233 e. The summed E-state index contributed by atoms with van der Waals surface area (Å²) in [7, 11) is 0. The van der Waals surface area contributed by atoms with Crippen LogP contribution in [0.25, 0.3) is 11.3 Å². The zero-order valence-electron chi connectivity index (χ0n) is 11.8. The lowest BCUT2D eigenvalue weighted by molar-refractivity contribution is 0.420. The molecule has 0 amide bonds. The van der Waals surface area contributed by atoms with E-state index in [2.05, 4.69) is 41.2 Å². The summed E-state index contributed by atoms with van der Waals surface area (Å²) in [5, 5.41) is 0.529. The van der Waals surface area contributed by atoms with Gasteiger partial charge in [0.15, 0.2) is 0 Å². The van der Waals surface area contributed by atoms with Crippen molar-refractivity contribution in [3.05, 3.63) is 46.9 Å². The molecule has 0 aliphatic heterocycles. The number of aromatic nitrogens is 2. The minimum absolute atomic E-state index is 0.529. The summed E-state index contributed by atoms with van der Waals surface area (Å²) < 4.78 is 0. The van der Waals surface area contributed by atoms with Crippen molar-refractivity contribution in [3.63, 3.8) is 0 Å². The second-order valence-electron chi connectivity index (χ2n) is 5.49. The first-order chi connectivity index (χ1) is 9.76. The summed E-state index contributed by atoms with van der Waals surface area (Å²) in [5.41, 5.74) is 3.50. The lowest BCUT2D eigenvalue weighted by Gasteiger charge is -2.25. The number of rotatable bonds is 4. The Labute approximate surface area is 125 Å². The molecule has 2 nitrogen and oxygen atoms in total. The zero-order valence-corrected chi connectivity index (χ0v) is 12.5. The van der Waals surface area contributed by atoms with Gasteiger partial charge in [0.2, 0.25) is 0 Å². The van der Waals surface area contributed by atoms with Crippen molar-refractivity contribution in [3.8, 4) is 11.3 Å². The Bertz CT molecular complexity index is 588. The van der Waals surface area contributed by atoms with Crippen molar-refractivity contribution in [1.82, 2.24) is 9.97 Å². The molecule has 1 heterocycles. The Balaban J connectivity index is 1.87. The molecule has 1 saturated carbocycles. The van der Waals surface area contributed by atoms with E-state index < -0.39 is 0 Å². The highest BCUT2D eigenvalue weighted by Crippen LogP contribution is 2.36. The van der Waals surface area contributed by atoms with E-state index in [0.717, 1.165) is 35.8 Å². The van der Waals surface area contributed by atoms with E-state index in [1.165, 1.54) is 24.8 Å². The maximum atomic E-state index is 6.10. The second kappa shape index (κ2) is 5.92. The molecule has 0 bridgehead atoms. The van der Waals surface area contributed by atoms with Gasteiger partial charge >= 0.3 is 0 Å². The van der Waals surface area contributed by atoms with Gasteiger partial charge in [0.05, 0.1) is 5.69 Å². The third kappa shape index (κ3) is 2.85.